The molecule has 136 valence electrons. The normalized spacial score (nSPS) is 10.2. The zero-order chi connectivity index (χ0) is 19.1. The maximum absolute atomic E-state index is 13.4. The van der Waals surface area contributed by atoms with Crippen molar-refractivity contribution < 1.29 is 23.6 Å². The number of hydrogen-bond donors (Lipinski definition) is 1. The molecule has 0 saturated carbocycles. The van der Waals surface area contributed by atoms with Crippen LogP contribution in [0.1, 0.15) is 5.56 Å². The van der Waals surface area contributed by atoms with Crippen molar-refractivity contribution in [1.82, 2.24) is 0 Å². The molecule has 0 saturated heterocycles. The van der Waals surface area contributed by atoms with Crippen LogP contribution in [0.3, 0.4) is 0 Å². The first kappa shape index (κ1) is 19.4. The number of rotatable bonds is 7. The van der Waals surface area contributed by atoms with E-state index in [2.05, 4.69) is 5.32 Å². The van der Waals surface area contributed by atoms with Gasteiger partial charge in [0, 0.05) is 11.8 Å². The van der Waals surface area contributed by atoms with Crippen molar-refractivity contribution >= 4 is 35.0 Å². The van der Waals surface area contributed by atoms with Gasteiger partial charge in [-0.3, -0.25) is 19.7 Å². The number of para-hydroxylation sites is 1. The second kappa shape index (κ2) is 8.95. The van der Waals surface area contributed by atoms with Crippen molar-refractivity contribution in [3.05, 3.63) is 64.0 Å². The average molecular weight is 378 g/mol. The summed E-state index contributed by atoms with van der Waals surface area (Å²) in [4.78, 5) is 34.1. The summed E-state index contributed by atoms with van der Waals surface area (Å²) in [5.41, 5.74) is 0.592. The summed E-state index contributed by atoms with van der Waals surface area (Å²) in [5, 5.41) is 13.3. The number of aryl methyl sites for hydroxylation is 1. The summed E-state index contributed by atoms with van der Waals surface area (Å²) < 4.78 is 18.2. The quantitative estimate of drug-likeness (QED) is 0.343. The number of halogens is 1. The lowest BCUT2D eigenvalue weighted by atomic mass is 10.2. The fourth-order valence-corrected chi connectivity index (χ4v) is 2.74. The number of carbonyl (C=O) groups excluding carboxylic acids is 2. The summed E-state index contributed by atoms with van der Waals surface area (Å²) in [6.07, 6.45) is 0. The van der Waals surface area contributed by atoms with Crippen LogP contribution < -0.4 is 5.32 Å². The zero-order valence-electron chi connectivity index (χ0n) is 13.7. The lowest BCUT2D eigenvalue weighted by molar-refractivity contribution is -0.387. The van der Waals surface area contributed by atoms with Crippen LogP contribution in [0, 0.1) is 22.9 Å². The van der Waals surface area contributed by atoms with Crippen LogP contribution in [0.25, 0.3) is 0 Å². The lowest BCUT2D eigenvalue weighted by Gasteiger charge is -2.07. The first-order chi connectivity index (χ1) is 12.4. The fourth-order valence-electron chi connectivity index (χ4n) is 1.92. The molecule has 0 aliphatic carbocycles. The first-order valence-corrected chi connectivity index (χ1v) is 8.43. The monoisotopic (exact) mass is 378 g/mol. The Morgan fingerprint density at radius 2 is 2.00 bits per heavy atom. The van der Waals surface area contributed by atoms with Gasteiger partial charge in [0.1, 0.15) is 5.82 Å². The molecule has 0 heterocycles. The van der Waals surface area contributed by atoms with Gasteiger partial charge in [-0.25, -0.2) is 4.39 Å². The second-order valence-corrected chi connectivity index (χ2v) is 6.20. The first-order valence-electron chi connectivity index (χ1n) is 7.44. The van der Waals surface area contributed by atoms with Crippen LogP contribution in [0.2, 0.25) is 0 Å². The largest absolute Gasteiger partial charge is 0.455 e. The molecule has 0 aromatic heterocycles. The van der Waals surface area contributed by atoms with E-state index in [4.69, 9.17) is 4.74 Å². The number of carbonyl (C=O) groups is 2. The van der Waals surface area contributed by atoms with Gasteiger partial charge >= 0.3 is 5.97 Å². The van der Waals surface area contributed by atoms with Crippen LogP contribution in [0.5, 0.6) is 0 Å². The van der Waals surface area contributed by atoms with Gasteiger partial charge in [-0.2, -0.15) is 0 Å². The van der Waals surface area contributed by atoms with Crippen molar-refractivity contribution in [2.45, 2.75) is 11.8 Å². The molecular weight excluding hydrogens is 363 g/mol. The molecule has 0 atom stereocenters. The molecular formula is C17H15FN2O5S. The van der Waals surface area contributed by atoms with Crippen LogP contribution in [-0.4, -0.2) is 29.2 Å². The Bertz CT molecular complexity index is 844. The molecule has 0 fully saturated rings. The van der Waals surface area contributed by atoms with Crippen LogP contribution >= 0.6 is 11.8 Å². The minimum atomic E-state index is -0.696. The molecule has 0 spiro atoms. The van der Waals surface area contributed by atoms with Gasteiger partial charge in [-0.05, 0) is 30.7 Å². The number of nitrogens with zero attached hydrogens (tertiary/aromatic N) is 1. The van der Waals surface area contributed by atoms with Gasteiger partial charge in [0.05, 0.1) is 15.6 Å². The number of ether oxygens (including phenoxy) is 1. The fraction of sp³-hybridized carbons (Fsp3) is 0.176. The summed E-state index contributed by atoms with van der Waals surface area (Å²) in [7, 11) is 0. The summed E-state index contributed by atoms with van der Waals surface area (Å²) in [6, 6.07) is 10.2. The van der Waals surface area contributed by atoms with Crippen molar-refractivity contribution in [3.8, 4) is 0 Å². The summed E-state index contributed by atoms with van der Waals surface area (Å²) >= 11 is 0.945. The molecule has 0 bridgehead atoms. The Balaban J connectivity index is 1.80. The molecule has 2 aromatic rings. The third-order valence-electron chi connectivity index (χ3n) is 3.23. The molecule has 1 amide bonds. The second-order valence-electron chi connectivity index (χ2n) is 5.19. The number of nitro benzene ring substituents is 1. The third kappa shape index (κ3) is 5.55. The maximum Gasteiger partial charge on any atom is 0.316 e. The average Bonchev–Trinajstić information content (AvgIpc) is 2.61. The van der Waals surface area contributed by atoms with E-state index in [1.165, 1.54) is 36.4 Å². The number of esters is 1. The van der Waals surface area contributed by atoms with Gasteiger partial charge in [-0.15, -0.1) is 11.8 Å². The van der Waals surface area contributed by atoms with Gasteiger partial charge in [-0.1, -0.05) is 18.2 Å². The SMILES string of the molecule is Cc1ccc(NC(=O)COC(=O)CSc2ccccc2[N+](=O)[O-])cc1F. The Kier molecular flexibility index (Phi) is 6.67. The highest BCUT2D eigenvalue weighted by molar-refractivity contribution is 8.00. The van der Waals surface area contributed by atoms with E-state index in [0.717, 1.165) is 11.8 Å². The Hall–Kier alpha value is -2.94. The highest BCUT2D eigenvalue weighted by Crippen LogP contribution is 2.28. The third-order valence-corrected chi connectivity index (χ3v) is 4.26. The number of nitro groups is 1. The molecule has 7 nitrogen and oxygen atoms in total. The Morgan fingerprint density at radius 1 is 1.27 bits per heavy atom. The van der Waals surface area contributed by atoms with Crippen LogP contribution in [-0.2, 0) is 14.3 Å². The van der Waals surface area contributed by atoms with Crippen molar-refractivity contribution in [2.75, 3.05) is 17.7 Å². The summed E-state index contributed by atoms with van der Waals surface area (Å²) in [5.74, 6) is -1.95. The number of amides is 1. The van der Waals surface area contributed by atoms with Crippen molar-refractivity contribution in [3.63, 3.8) is 0 Å². The van der Waals surface area contributed by atoms with Gasteiger partial charge in [0.2, 0.25) is 0 Å². The molecule has 9 heteroatoms. The zero-order valence-corrected chi connectivity index (χ0v) is 14.5. The predicted octanol–water partition coefficient (Wildman–Crippen LogP) is 3.32. The van der Waals surface area contributed by atoms with E-state index in [-0.39, 0.29) is 17.1 Å². The molecule has 0 aliphatic rings. The topological polar surface area (TPSA) is 98.5 Å². The predicted molar refractivity (Wildman–Crippen MR) is 94.5 cm³/mol. The molecule has 1 N–H and O–H groups in total. The smallest absolute Gasteiger partial charge is 0.316 e. The Labute approximate surface area is 152 Å². The number of anilines is 1. The molecule has 0 radical (unpaired) electrons. The van der Waals surface area contributed by atoms with E-state index >= 15 is 0 Å². The van der Waals surface area contributed by atoms with E-state index < -0.39 is 29.2 Å². The standard InChI is InChI=1S/C17H15FN2O5S/c1-11-6-7-12(8-13(11)18)19-16(21)9-25-17(22)10-26-15-5-3-2-4-14(15)20(23)24/h2-8H,9-10H2,1H3,(H,19,21). The minimum absolute atomic E-state index is 0.107. The molecule has 0 unspecified atom stereocenters. The Morgan fingerprint density at radius 3 is 2.69 bits per heavy atom. The van der Waals surface area contributed by atoms with Gasteiger partial charge in [0.25, 0.3) is 11.6 Å². The van der Waals surface area contributed by atoms with Crippen molar-refractivity contribution in [1.29, 1.82) is 0 Å². The van der Waals surface area contributed by atoms with Gasteiger partial charge in [0.15, 0.2) is 6.61 Å². The molecule has 2 rings (SSSR count). The van der Waals surface area contributed by atoms with Crippen LogP contribution in [0.4, 0.5) is 15.8 Å². The van der Waals surface area contributed by atoms with E-state index in [9.17, 15) is 24.1 Å². The van der Waals surface area contributed by atoms with Gasteiger partial charge < -0.3 is 10.1 Å². The number of benzene rings is 2. The van der Waals surface area contributed by atoms with E-state index in [0.29, 0.717) is 10.5 Å². The van der Waals surface area contributed by atoms with E-state index in [1.54, 1.807) is 13.0 Å². The minimum Gasteiger partial charge on any atom is -0.455 e. The highest BCUT2D eigenvalue weighted by atomic mass is 32.2. The molecule has 26 heavy (non-hydrogen) atoms. The molecule has 0 aliphatic heterocycles. The lowest BCUT2D eigenvalue weighted by Crippen LogP contribution is -2.21. The maximum atomic E-state index is 13.4. The highest BCUT2D eigenvalue weighted by Gasteiger charge is 2.15. The number of nitrogens with one attached hydrogen (secondary N) is 1. The number of thioether (sulfide) groups is 1. The molecule has 2 aromatic carbocycles. The van der Waals surface area contributed by atoms with Crippen LogP contribution in [0.15, 0.2) is 47.4 Å². The number of hydrogen-bond acceptors (Lipinski definition) is 6. The summed E-state index contributed by atoms with van der Waals surface area (Å²) in [6.45, 7) is 1.06. The van der Waals surface area contributed by atoms with Crippen molar-refractivity contribution in [2.24, 2.45) is 0 Å². The van der Waals surface area contributed by atoms with E-state index in [1.807, 2.05) is 0 Å².